The van der Waals surface area contributed by atoms with E-state index in [9.17, 15) is 67.4 Å². The maximum absolute atomic E-state index is 14.7. The van der Waals surface area contributed by atoms with Crippen molar-refractivity contribution in [3.05, 3.63) is 102 Å². The van der Waals surface area contributed by atoms with Crippen LogP contribution in [0.15, 0.2) is 84.9 Å². The van der Waals surface area contributed by atoms with Crippen LogP contribution in [0.2, 0.25) is 0 Å². The first kappa shape index (κ1) is 77.2. The molecule has 524 valence electrons. The van der Waals surface area contributed by atoms with Crippen LogP contribution in [0, 0.1) is 5.92 Å². The Morgan fingerprint density at radius 3 is 1.45 bits per heavy atom. The summed E-state index contributed by atoms with van der Waals surface area (Å²) < 4.78 is 0. The van der Waals surface area contributed by atoms with E-state index in [0.29, 0.717) is 61.6 Å². The van der Waals surface area contributed by atoms with E-state index in [1.165, 1.54) is 21.9 Å². The highest BCUT2D eigenvalue weighted by molar-refractivity contribution is 5.99. The molecule has 29 heteroatoms. The predicted molar refractivity (Wildman–Crippen MR) is 354 cm³/mol. The Kier molecular flexibility index (Phi) is 31.7. The van der Waals surface area contributed by atoms with Crippen molar-refractivity contribution in [3.63, 3.8) is 0 Å². The molecule has 0 radical (unpaired) electrons. The van der Waals surface area contributed by atoms with Crippen molar-refractivity contribution in [2.24, 2.45) is 34.6 Å². The summed E-state index contributed by atoms with van der Waals surface area (Å²) in [6, 6.07) is 10.7. The average molecular weight is 1340 g/mol. The van der Waals surface area contributed by atoms with Gasteiger partial charge in [0.25, 0.3) is 0 Å². The molecule has 13 amide bonds. The van der Waals surface area contributed by atoms with Crippen LogP contribution in [0.3, 0.4) is 0 Å². The summed E-state index contributed by atoms with van der Waals surface area (Å²) in [5.74, 6) is -10.2. The number of nitrogens with one attached hydrogen (secondary N) is 8. The lowest BCUT2D eigenvalue weighted by atomic mass is 10.0. The van der Waals surface area contributed by atoms with Crippen LogP contribution >= 0.6 is 0 Å². The number of nitrogens with zero attached hydrogens (tertiary/aromatic N) is 2. The first-order chi connectivity index (χ1) is 45.8. The Labute approximate surface area is 559 Å². The van der Waals surface area contributed by atoms with E-state index >= 15 is 0 Å². The first-order valence-electron chi connectivity index (χ1n) is 33.0. The van der Waals surface area contributed by atoms with Gasteiger partial charge in [0, 0.05) is 38.8 Å². The molecule has 10 atom stereocenters. The highest BCUT2D eigenvalue weighted by Crippen LogP contribution is 2.24. The van der Waals surface area contributed by atoms with Crippen molar-refractivity contribution in [1.29, 1.82) is 0 Å². The molecule has 3 aromatic rings. The largest absolute Gasteiger partial charge is 0.508 e. The molecule has 96 heavy (non-hydrogen) atoms. The number of rotatable bonds is 40. The normalized spacial score (nSPS) is 16.8. The highest BCUT2D eigenvalue weighted by atomic mass is 16.3. The summed E-state index contributed by atoms with van der Waals surface area (Å²) in [6.45, 7) is 5.52. The molecular weight excluding hydrogens is 1240 g/mol. The standard InChI is InChI=1S/C67H97N15O14/c1-4-5-20-46(58(72)87)75-62(91)50(35-40(2)3)74-57(86)39-73-59(88)51(37-41-16-8-6-9-17-41)79-63(92)52(38-42-18-10-7-11-19-42)80-61(90)47(28-30-55(70)84)76-60(89)48(29-31-56(71)85)77-64(93)54-23-15-34-82(54)67(96)49(21-12-13-32-68)78-65(94)53-22-14-33-81(53)66(95)45(69)36-43-24-26-44(83)27-25-43/h6-11,16-19,24-27,40,45-54,83H,4-5,12-15,20-23,28-39,68-69H2,1-3H3,(H2,70,84)(H2,71,85)(H2,72,87)(H,73,88)(H,74,86)(H,75,91)(H,76,89)(H,77,93)(H,78,94)(H,79,92)(H,80,90)/t45-,46-,47-,48-,49-,50-,51-,52-,53-,54-/m0/s1. The summed E-state index contributed by atoms with van der Waals surface area (Å²) in [4.78, 5) is 181. The molecule has 0 saturated carbocycles. The fourth-order valence-electron chi connectivity index (χ4n) is 11.5. The number of unbranched alkanes of at least 4 members (excludes halogenated alkanes) is 2. The number of hydrogen-bond acceptors (Lipinski definition) is 16. The molecule has 0 bridgehead atoms. The summed E-state index contributed by atoms with van der Waals surface area (Å²) >= 11 is 0. The van der Waals surface area contributed by atoms with Gasteiger partial charge in [-0.05, 0) is 118 Å². The van der Waals surface area contributed by atoms with Crippen LogP contribution in [0.4, 0.5) is 0 Å². The van der Waals surface area contributed by atoms with Crippen molar-refractivity contribution < 1.29 is 67.4 Å². The molecule has 0 unspecified atom stereocenters. The molecule has 5 rings (SSSR count). The number of benzene rings is 3. The van der Waals surface area contributed by atoms with Crippen LogP contribution in [0.5, 0.6) is 5.75 Å². The van der Waals surface area contributed by atoms with E-state index in [1.807, 2.05) is 20.8 Å². The van der Waals surface area contributed by atoms with Gasteiger partial charge in [0.15, 0.2) is 0 Å². The van der Waals surface area contributed by atoms with Crippen molar-refractivity contribution in [2.75, 3.05) is 26.2 Å². The third-order valence-electron chi connectivity index (χ3n) is 16.7. The minimum atomic E-state index is -1.64. The van der Waals surface area contributed by atoms with E-state index in [4.69, 9.17) is 28.7 Å². The van der Waals surface area contributed by atoms with Crippen LogP contribution in [0.1, 0.15) is 134 Å². The van der Waals surface area contributed by atoms with Gasteiger partial charge in [0.1, 0.15) is 60.1 Å². The molecule has 29 nitrogen and oxygen atoms in total. The van der Waals surface area contributed by atoms with Crippen LogP contribution in [-0.4, -0.2) is 178 Å². The molecule has 0 aliphatic carbocycles. The second kappa shape index (κ2) is 39.4. The number of hydrogen-bond donors (Lipinski definition) is 14. The Bertz CT molecular complexity index is 3140. The minimum absolute atomic E-state index is 0.0453. The summed E-state index contributed by atoms with van der Waals surface area (Å²) in [6.07, 6.45) is 2.14. The predicted octanol–water partition coefficient (Wildman–Crippen LogP) is -1.38. The van der Waals surface area contributed by atoms with Crippen LogP contribution in [-0.2, 0) is 81.6 Å². The number of nitrogens with two attached hydrogens (primary N) is 5. The van der Waals surface area contributed by atoms with E-state index < -0.39 is 169 Å². The Hall–Kier alpha value is -9.51. The SMILES string of the molecule is CCCC[C@H](NC(=O)[C@H](CC(C)C)NC(=O)CNC(=O)[C@H](Cc1ccccc1)NC(=O)[C@H](Cc1ccccc1)NC(=O)[C@H](CCC(N)=O)NC(=O)[C@H](CCC(N)=O)NC(=O)[C@@H]1CCCN1C(=O)[C@H](CCCCN)NC(=O)[C@@H]1CCCN1C(=O)[C@@H](N)Cc1ccc(O)cc1)C(N)=O. The fraction of sp³-hybridized carbons (Fsp3) is 0.537. The zero-order valence-corrected chi connectivity index (χ0v) is 55.0. The fourth-order valence-corrected chi connectivity index (χ4v) is 11.5. The number of phenols is 1. The Morgan fingerprint density at radius 1 is 0.500 bits per heavy atom. The minimum Gasteiger partial charge on any atom is -0.508 e. The molecule has 0 spiro atoms. The molecule has 0 aromatic heterocycles. The van der Waals surface area contributed by atoms with E-state index in [-0.39, 0.29) is 69.8 Å². The molecule has 3 aromatic carbocycles. The number of amides is 13. The highest BCUT2D eigenvalue weighted by Gasteiger charge is 2.42. The Balaban J connectivity index is 1.33. The first-order valence-corrected chi connectivity index (χ1v) is 33.0. The van der Waals surface area contributed by atoms with Gasteiger partial charge in [-0.1, -0.05) is 106 Å². The summed E-state index contributed by atoms with van der Waals surface area (Å²) in [5, 5.41) is 30.9. The van der Waals surface area contributed by atoms with E-state index in [1.54, 1.807) is 72.8 Å². The van der Waals surface area contributed by atoms with Crippen molar-refractivity contribution in [1.82, 2.24) is 52.3 Å². The molecule has 2 fully saturated rings. The average Bonchev–Trinajstić information content (AvgIpc) is 1.65. The van der Waals surface area contributed by atoms with Crippen molar-refractivity contribution >= 4 is 76.8 Å². The number of likely N-dealkylation sites (tertiary alicyclic amines) is 2. The van der Waals surface area contributed by atoms with Gasteiger partial charge in [-0.2, -0.15) is 0 Å². The number of primary amides is 3. The van der Waals surface area contributed by atoms with E-state index in [0.717, 1.165) is 6.42 Å². The maximum atomic E-state index is 14.7. The second-order valence-electron chi connectivity index (χ2n) is 24.9. The van der Waals surface area contributed by atoms with Crippen LogP contribution in [0.25, 0.3) is 0 Å². The van der Waals surface area contributed by atoms with Crippen molar-refractivity contribution in [2.45, 2.75) is 197 Å². The lowest BCUT2D eigenvalue weighted by Gasteiger charge is -2.32. The zero-order valence-electron chi connectivity index (χ0n) is 55.0. The summed E-state index contributed by atoms with van der Waals surface area (Å²) in [5.41, 5.74) is 30.6. The quantitative estimate of drug-likeness (QED) is 0.0292. The molecular formula is C67H97N15O14. The number of aromatic hydroxyl groups is 1. The lowest BCUT2D eigenvalue weighted by molar-refractivity contribution is -0.144. The third kappa shape index (κ3) is 25.3. The van der Waals surface area contributed by atoms with Gasteiger partial charge in [-0.25, -0.2) is 0 Å². The van der Waals surface area contributed by atoms with E-state index in [2.05, 4.69) is 42.5 Å². The molecule has 2 saturated heterocycles. The lowest BCUT2D eigenvalue weighted by Crippen LogP contribution is -2.60. The van der Waals surface area contributed by atoms with Gasteiger partial charge in [-0.3, -0.25) is 62.3 Å². The number of carbonyl (C=O) groups is 13. The van der Waals surface area contributed by atoms with Gasteiger partial charge >= 0.3 is 0 Å². The Morgan fingerprint density at radius 2 is 0.948 bits per heavy atom. The zero-order chi connectivity index (χ0) is 70.4. The maximum Gasteiger partial charge on any atom is 0.245 e. The number of carbonyl (C=O) groups excluding carboxylic acids is 13. The molecule has 2 aliphatic heterocycles. The summed E-state index contributed by atoms with van der Waals surface area (Å²) in [7, 11) is 0. The molecule has 19 N–H and O–H groups in total. The topological polar surface area (TPSA) is 475 Å². The van der Waals surface area contributed by atoms with Crippen LogP contribution < -0.4 is 71.2 Å². The third-order valence-corrected chi connectivity index (χ3v) is 16.7. The van der Waals surface area contributed by atoms with Crippen molar-refractivity contribution in [3.8, 4) is 5.75 Å². The number of phenolic OH excluding ortho intramolecular Hbond substituents is 1. The second-order valence-corrected chi connectivity index (χ2v) is 24.9. The molecule has 2 heterocycles. The van der Waals surface area contributed by atoms with Gasteiger partial charge in [0.2, 0.25) is 76.8 Å². The smallest absolute Gasteiger partial charge is 0.245 e. The van der Waals surface area contributed by atoms with Gasteiger partial charge in [-0.15, -0.1) is 0 Å². The molecule has 2 aliphatic rings. The van der Waals surface area contributed by atoms with Gasteiger partial charge < -0.3 is 86.1 Å². The monoisotopic (exact) mass is 1340 g/mol. The van der Waals surface area contributed by atoms with Gasteiger partial charge in [0.05, 0.1) is 12.6 Å².